The fourth-order valence-corrected chi connectivity index (χ4v) is 3.40. The number of fused-ring (bicyclic) bond motifs is 1. The number of hydrogen-bond donors (Lipinski definition) is 1. The lowest BCUT2D eigenvalue weighted by molar-refractivity contribution is -0.147. The van der Waals surface area contributed by atoms with Gasteiger partial charge in [-0.3, -0.25) is 9.59 Å². The Morgan fingerprint density at radius 3 is 2.77 bits per heavy atom. The Hall–Kier alpha value is -2.41. The van der Waals surface area contributed by atoms with Gasteiger partial charge in [0.15, 0.2) is 0 Å². The van der Waals surface area contributed by atoms with Gasteiger partial charge in [-0.15, -0.1) is 0 Å². The van der Waals surface area contributed by atoms with E-state index in [1.54, 1.807) is 24.3 Å². The summed E-state index contributed by atoms with van der Waals surface area (Å²) in [5.74, 6) is -0.109. The number of carbonyl (C=O) groups excluding carboxylic acids is 1. The van der Waals surface area contributed by atoms with E-state index in [4.69, 9.17) is 9.47 Å². The summed E-state index contributed by atoms with van der Waals surface area (Å²) in [7, 11) is 0. The van der Waals surface area contributed by atoms with Crippen LogP contribution >= 0.6 is 0 Å². The maximum absolute atomic E-state index is 12.4. The highest BCUT2D eigenvalue weighted by molar-refractivity contribution is 5.77. The summed E-state index contributed by atoms with van der Waals surface area (Å²) >= 11 is 0. The monoisotopic (exact) mass is 360 g/mol. The van der Waals surface area contributed by atoms with E-state index in [1.165, 1.54) is 12.8 Å². The van der Waals surface area contributed by atoms with Crippen LogP contribution in [0.25, 0.3) is 10.9 Å². The molecule has 1 heterocycles. The summed E-state index contributed by atoms with van der Waals surface area (Å²) in [5.41, 5.74) is -0.686. The molecule has 2 aromatic rings. The SMILES string of the molecule is C[C@@H]1CCCC[C@@H]1OCCOC(=O)Cn1c(=O)[nH]c2ccccc2c1=O. The first-order chi connectivity index (χ1) is 12.6. The first kappa shape index (κ1) is 18.4. The highest BCUT2D eigenvalue weighted by atomic mass is 16.6. The van der Waals surface area contributed by atoms with Gasteiger partial charge in [0, 0.05) is 0 Å². The van der Waals surface area contributed by atoms with Gasteiger partial charge < -0.3 is 14.5 Å². The van der Waals surface area contributed by atoms with E-state index in [2.05, 4.69) is 11.9 Å². The topological polar surface area (TPSA) is 90.4 Å². The molecule has 2 atom stereocenters. The van der Waals surface area contributed by atoms with E-state index < -0.39 is 23.8 Å². The van der Waals surface area contributed by atoms with Crippen LogP contribution in [0.15, 0.2) is 33.9 Å². The number of esters is 1. The molecule has 1 aliphatic rings. The second-order valence-corrected chi connectivity index (χ2v) is 6.76. The molecule has 26 heavy (non-hydrogen) atoms. The van der Waals surface area contributed by atoms with Crippen LogP contribution in [0.3, 0.4) is 0 Å². The average molecular weight is 360 g/mol. The number of nitrogens with one attached hydrogen (secondary N) is 1. The molecule has 0 saturated heterocycles. The highest BCUT2D eigenvalue weighted by Crippen LogP contribution is 2.26. The van der Waals surface area contributed by atoms with Crippen LogP contribution in [-0.2, 0) is 20.8 Å². The maximum atomic E-state index is 12.4. The molecule has 0 radical (unpaired) electrons. The van der Waals surface area contributed by atoms with Crippen molar-refractivity contribution in [3.8, 4) is 0 Å². The third kappa shape index (κ3) is 4.22. The first-order valence-corrected chi connectivity index (χ1v) is 9.05. The minimum absolute atomic E-state index is 0.113. The van der Waals surface area contributed by atoms with Crippen molar-refractivity contribution in [2.75, 3.05) is 13.2 Å². The molecule has 1 saturated carbocycles. The quantitative estimate of drug-likeness (QED) is 0.627. The van der Waals surface area contributed by atoms with Crippen LogP contribution < -0.4 is 11.2 Å². The zero-order chi connectivity index (χ0) is 18.5. The molecule has 1 aliphatic carbocycles. The second-order valence-electron chi connectivity index (χ2n) is 6.76. The second kappa shape index (κ2) is 8.31. The van der Waals surface area contributed by atoms with E-state index in [0.717, 1.165) is 17.4 Å². The third-order valence-electron chi connectivity index (χ3n) is 4.89. The van der Waals surface area contributed by atoms with Gasteiger partial charge in [-0.2, -0.15) is 0 Å². The summed E-state index contributed by atoms with van der Waals surface area (Å²) in [4.78, 5) is 39.0. The lowest BCUT2D eigenvalue weighted by atomic mass is 9.88. The van der Waals surface area contributed by atoms with E-state index in [0.29, 0.717) is 23.4 Å². The number of para-hydroxylation sites is 1. The molecule has 7 heteroatoms. The van der Waals surface area contributed by atoms with Crippen molar-refractivity contribution in [2.24, 2.45) is 5.92 Å². The predicted octanol–water partition coefficient (Wildman–Crippen LogP) is 1.83. The largest absolute Gasteiger partial charge is 0.462 e. The molecular weight excluding hydrogens is 336 g/mol. The molecule has 0 spiro atoms. The van der Waals surface area contributed by atoms with E-state index in [-0.39, 0.29) is 12.7 Å². The van der Waals surface area contributed by atoms with Crippen molar-refractivity contribution < 1.29 is 14.3 Å². The fourth-order valence-electron chi connectivity index (χ4n) is 3.40. The zero-order valence-corrected chi connectivity index (χ0v) is 14.9. The Morgan fingerprint density at radius 1 is 1.19 bits per heavy atom. The minimum Gasteiger partial charge on any atom is -0.462 e. The molecule has 1 aromatic heterocycles. The highest BCUT2D eigenvalue weighted by Gasteiger charge is 2.21. The van der Waals surface area contributed by atoms with Crippen molar-refractivity contribution in [3.63, 3.8) is 0 Å². The number of carbonyl (C=O) groups is 1. The molecule has 1 fully saturated rings. The molecule has 140 valence electrons. The minimum atomic E-state index is -0.631. The molecule has 0 aliphatic heterocycles. The van der Waals surface area contributed by atoms with Gasteiger partial charge in [0.1, 0.15) is 13.2 Å². The lowest BCUT2D eigenvalue weighted by Crippen LogP contribution is -2.38. The Balaban J connectivity index is 1.54. The summed E-state index contributed by atoms with van der Waals surface area (Å²) in [6.07, 6.45) is 4.83. The molecule has 1 N–H and O–H groups in total. The van der Waals surface area contributed by atoms with Crippen LogP contribution in [0.5, 0.6) is 0 Å². The smallest absolute Gasteiger partial charge is 0.329 e. The molecule has 1 aromatic carbocycles. The molecule has 3 rings (SSSR count). The van der Waals surface area contributed by atoms with E-state index in [9.17, 15) is 14.4 Å². The molecule has 0 amide bonds. The van der Waals surface area contributed by atoms with Gasteiger partial charge in [0.2, 0.25) is 0 Å². The average Bonchev–Trinajstić information content (AvgIpc) is 2.63. The molecule has 7 nitrogen and oxygen atoms in total. The van der Waals surface area contributed by atoms with Crippen LogP contribution in [0, 0.1) is 5.92 Å². The summed E-state index contributed by atoms with van der Waals surface area (Å²) in [5, 5.41) is 0.356. The maximum Gasteiger partial charge on any atom is 0.329 e. The number of benzene rings is 1. The van der Waals surface area contributed by atoms with Crippen molar-refractivity contribution in [1.82, 2.24) is 9.55 Å². The van der Waals surface area contributed by atoms with Crippen molar-refractivity contribution >= 4 is 16.9 Å². The third-order valence-corrected chi connectivity index (χ3v) is 4.89. The number of aromatic amines is 1. The van der Waals surface area contributed by atoms with Gasteiger partial charge >= 0.3 is 11.7 Å². The molecule has 0 unspecified atom stereocenters. The van der Waals surface area contributed by atoms with Crippen LogP contribution in [0.2, 0.25) is 0 Å². The first-order valence-electron chi connectivity index (χ1n) is 9.05. The number of hydrogen-bond acceptors (Lipinski definition) is 5. The number of ether oxygens (including phenoxy) is 2. The number of aromatic nitrogens is 2. The van der Waals surface area contributed by atoms with Crippen molar-refractivity contribution in [3.05, 3.63) is 45.1 Å². The Kier molecular flexibility index (Phi) is 5.88. The number of H-pyrrole nitrogens is 1. The standard InChI is InChI=1S/C19H24N2O5/c1-13-6-2-5-9-16(13)25-10-11-26-17(22)12-21-18(23)14-7-3-4-8-15(14)20-19(21)24/h3-4,7-8,13,16H,2,5-6,9-12H2,1H3,(H,20,24)/t13-,16+/m1/s1. The van der Waals surface area contributed by atoms with Gasteiger partial charge in [-0.25, -0.2) is 9.36 Å². The van der Waals surface area contributed by atoms with Gasteiger partial charge in [-0.05, 0) is 30.9 Å². The van der Waals surface area contributed by atoms with E-state index >= 15 is 0 Å². The summed E-state index contributed by atoms with van der Waals surface area (Å²) in [6.45, 7) is 2.19. The van der Waals surface area contributed by atoms with Crippen LogP contribution in [0.1, 0.15) is 32.6 Å². The summed E-state index contributed by atoms with van der Waals surface area (Å²) in [6, 6.07) is 6.68. The van der Waals surface area contributed by atoms with Crippen molar-refractivity contribution in [2.45, 2.75) is 45.3 Å². The van der Waals surface area contributed by atoms with Crippen LogP contribution in [0.4, 0.5) is 0 Å². The van der Waals surface area contributed by atoms with Crippen molar-refractivity contribution in [1.29, 1.82) is 0 Å². The normalized spacial score (nSPS) is 20.2. The number of nitrogens with zero attached hydrogens (tertiary/aromatic N) is 1. The van der Waals surface area contributed by atoms with Gasteiger partial charge in [0.25, 0.3) is 5.56 Å². The predicted molar refractivity (Wildman–Crippen MR) is 97.2 cm³/mol. The summed E-state index contributed by atoms with van der Waals surface area (Å²) < 4.78 is 11.8. The molecule has 0 bridgehead atoms. The number of rotatable bonds is 6. The van der Waals surface area contributed by atoms with E-state index in [1.807, 2.05) is 0 Å². The molecular formula is C19H24N2O5. The Morgan fingerprint density at radius 2 is 1.96 bits per heavy atom. The Labute approximate surface area is 150 Å². The van der Waals surface area contributed by atoms with Crippen LogP contribution in [-0.4, -0.2) is 34.8 Å². The Bertz CT molecular complexity index is 885. The fraction of sp³-hybridized carbons (Fsp3) is 0.526. The lowest BCUT2D eigenvalue weighted by Gasteiger charge is -2.28. The van der Waals surface area contributed by atoms with Gasteiger partial charge in [-0.1, -0.05) is 31.9 Å². The van der Waals surface area contributed by atoms with Gasteiger partial charge in [0.05, 0.1) is 23.6 Å². The zero-order valence-electron chi connectivity index (χ0n) is 14.9.